The molecule has 0 amide bonds. The van der Waals surface area contributed by atoms with E-state index >= 15 is 0 Å². The van der Waals surface area contributed by atoms with Crippen LogP contribution in [0.1, 0.15) is 11.1 Å². The third-order valence-electron chi connectivity index (χ3n) is 15.2. The highest BCUT2D eigenvalue weighted by molar-refractivity contribution is 6.11. The van der Waals surface area contributed by atoms with Crippen LogP contribution in [0.2, 0.25) is 0 Å². The zero-order valence-electron chi connectivity index (χ0n) is 42.7. The zero-order chi connectivity index (χ0) is 51.4. The molecule has 0 radical (unpaired) electrons. The topological polar surface area (TPSA) is 38.9 Å². The van der Waals surface area contributed by atoms with Crippen molar-refractivity contribution in [1.82, 2.24) is 19.1 Å². The van der Waals surface area contributed by atoms with Crippen LogP contribution in [0, 0.1) is 13.8 Å². The molecule has 5 heteroatoms. The molecule has 14 rings (SSSR count). The molecule has 364 valence electrons. The van der Waals surface area contributed by atoms with Crippen LogP contribution in [-0.2, 0) is 0 Å². The minimum atomic E-state index is 0.881. The van der Waals surface area contributed by atoms with Crippen LogP contribution in [0.4, 0.5) is 17.1 Å². The van der Waals surface area contributed by atoms with E-state index < -0.39 is 0 Å². The number of anilines is 3. The molecule has 0 unspecified atom stereocenters. The van der Waals surface area contributed by atoms with Crippen LogP contribution < -0.4 is 4.90 Å². The summed E-state index contributed by atoms with van der Waals surface area (Å²) in [4.78, 5) is 13.0. The van der Waals surface area contributed by atoms with Crippen molar-refractivity contribution in [3.05, 3.63) is 284 Å². The van der Waals surface area contributed by atoms with Gasteiger partial charge in [-0.05, 0) is 132 Å². The molecular formula is C72H51N5. The predicted molar refractivity (Wildman–Crippen MR) is 322 cm³/mol. The second kappa shape index (κ2) is 19.0. The van der Waals surface area contributed by atoms with E-state index in [-0.39, 0.29) is 0 Å². The molecule has 5 nitrogen and oxygen atoms in total. The van der Waals surface area contributed by atoms with Gasteiger partial charge in [-0.15, -0.1) is 0 Å². The molecule has 0 fully saturated rings. The van der Waals surface area contributed by atoms with Gasteiger partial charge >= 0.3 is 0 Å². The van der Waals surface area contributed by atoms with Crippen molar-refractivity contribution >= 4 is 60.7 Å². The average molecular weight is 986 g/mol. The SMILES string of the molecule is Cc1cnc(-c2cc(N(c3cc(-c4cc(-c5ccccc5)c(C)cn4)cc(-n4c5ccccc5c5ccccc54)c3)c3ccccc3-c3ccccc3)cc(-n3c4ccccc4c4ccccc43)c2)cc1-c1ccccc1. The monoisotopic (exact) mass is 985 g/mol. The van der Waals surface area contributed by atoms with Crippen molar-refractivity contribution in [3.8, 4) is 67.3 Å². The van der Waals surface area contributed by atoms with Crippen LogP contribution in [0.25, 0.3) is 111 Å². The summed E-state index contributed by atoms with van der Waals surface area (Å²) in [6, 6.07) is 94.4. The van der Waals surface area contributed by atoms with Crippen LogP contribution in [-0.4, -0.2) is 19.1 Å². The molecule has 4 heterocycles. The second-order valence-electron chi connectivity index (χ2n) is 19.9. The van der Waals surface area contributed by atoms with Gasteiger partial charge in [0.05, 0.1) is 39.1 Å². The summed E-state index contributed by atoms with van der Waals surface area (Å²) in [6.45, 7) is 4.30. The lowest BCUT2D eigenvalue weighted by Crippen LogP contribution is -2.13. The van der Waals surface area contributed by atoms with Crippen molar-refractivity contribution < 1.29 is 0 Å². The maximum atomic E-state index is 5.25. The second-order valence-corrected chi connectivity index (χ2v) is 19.9. The molecule has 0 atom stereocenters. The van der Waals surface area contributed by atoms with Gasteiger partial charge in [0.1, 0.15) is 0 Å². The van der Waals surface area contributed by atoms with Crippen LogP contribution >= 0.6 is 0 Å². The van der Waals surface area contributed by atoms with Crippen LogP contribution in [0.3, 0.4) is 0 Å². The summed E-state index contributed by atoms with van der Waals surface area (Å²) in [7, 11) is 0. The number of para-hydroxylation sites is 5. The van der Waals surface area contributed by atoms with Crippen molar-refractivity contribution in [2.24, 2.45) is 0 Å². The Morgan fingerprint density at radius 1 is 0.299 bits per heavy atom. The number of benzene rings is 10. The van der Waals surface area contributed by atoms with Crippen molar-refractivity contribution in [1.29, 1.82) is 0 Å². The first-order valence-corrected chi connectivity index (χ1v) is 26.3. The maximum absolute atomic E-state index is 5.25. The number of rotatable bonds is 10. The number of fused-ring (bicyclic) bond motifs is 6. The zero-order valence-corrected chi connectivity index (χ0v) is 42.7. The standard InChI is InChI=1S/C72H51N5/c1-48-46-73-66(44-64(48)51-24-8-4-9-25-51)53-38-55(42-57(40-53)76-69-34-18-13-29-60(69)61-30-14-19-35-70(61)76)75(68-33-17-12-28-59(68)50-22-6-3-7-23-50)56-39-54(67-45-65(49(2)47-74-67)52-26-10-5-11-27-52)41-58(43-56)77-71-36-20-15-31-62(71)63-32-16-21-37-72(63)77/h3-47H,1-2H3. The molecule has 4 aromatic heterocycles. The molecule has 77 heavy (non-hydrogen) atoms. The first kappa shape index (κ1) is 45.5. The van der Waals surface area contributed by atoms with Gasteiger partial charge in [-0.2, -0.15) is 0 Å². The molecule has 0 aliphatic rings. The van der Waals surface area contributed by atoms with Gasteiger partial charge in [0.25, 0.3) is 0 Å². The van der Waals surface area contributed by atoms with Gasteiger partial charge < -0.3 is 14.0 Å². The van der Waals surface area contributed by atoms with Crippen molar-refractivity contribution in [2.75, 3.05) is 4.90 Å². The Bertz CT molecular complexity index is 4180. The lowest BCUT2D eigenvalue weighted by molar-refractivity contribution is 1.15. The van der Waals surface area contributed by atoms with E-state index in [1.807, 2.05) is 12.4 Å². The fourth-order valence-corrected chi connectivity index (χ4v) is 11.6. The van der Waals surface area contributed by atoms with E-state index in [2.05, 4.69) is 289 Å². The van der Waals surface area contributed by atoms with Crippen LogP contribution in [0.15, 0.2) is 273 Å². The summed E-state index contributed by atoms with van der Waals surface area (Å²) in [6.07, 6.45) is 4.04. The van der Waals surface area contributed by atoms with Gasteiger partial charge in [0.2, 0.25) is 0 Å². The van der Waals surface area contributed by atoms with Crippen molar-refractivity contribution in [3.63, 3.8) is 0 Å². The lowest BCUT2D eigenvalue weighted by atomic mass is 9.97. The highest BCUT2D eigenvalue weighted by Gasteiger charge is 2.24. The van der Waals surface area contributed by atoms with E-state index in [1.165, 1.54) is 21.5 Å². The summed E-state index contributed by atoms with van der Waals surface area (Å²) in [5.74, 6) is 0. The van der Waals surface area contributed by atoms with Gasteiger partial charge in [-0.3, -0.25) is 9.97 Å². The summed E-state index contributed by atoms with van der Waals surface area (Å²) in [5, 5.41) is 4.80. The summed E-state index contributed by atoms with van der Waals surface area (Å²) in [5.41, 5.74) is 22.3. The molecule has 0 saturated heterocycles. The van der Waals surface area contributed by atoms with E-state index in [0.717, 1.165) is 118 Å². The molecule has 0 aliphatic carbocycles. The molecular weight excluding hydrogens is 935 g/mol. The third-order valence-corrected chi connectivity index (χ3v) is 15.2. The van der Waals surface area contributed by atoms with Gasteiger partial charge in [-0.1, -0.05) is 182 Å². The largest absolute Gasteiger partial charge is 0.310 e. The van der Waals surface area contributed by atoms with Crippen LogP contribution in [0.5, 0.6) is 0 Å². The first-order chi connectivity index (χ1) is 38.0. The molecule has 0 saturated carbocycles. The predicted octanol–water partition coefficient (Wildman–Crippen LogP) is 19.1. The number of nitrogens with zero attached hydrogens (tertiary/aromatic N) is 5. The number of aromatic nitrogens is 4. The Morgan fingerprint density at radius 3 is 1.04 bits per heavy atom. The highest BCUT2D eigenvalue weighted by atomic mass is 15.2. The Balaban J connectivity index is 1.10. The van der Waals surface area contributed by atoms with Gasteiger partial charge in [0, 0.05) is 73.4 Å². The van der Waals surface area contributed by atoms with Gasteiger partial charge in [-0.25, -0.2) is 0 Å². The number of hydrogen-bond donors (Lipinski definition) is 0. The Hall–Kier alpha value is -10.1. The number of aryl methyl sites for hydroxylation is 2. The third kappa shape index (κ3) is 8.04. The summed E-state index contributed by atoms with van der Waals surface area (Å²) < 4.78 is 4.85. The quantitative estimate of drug-likeness (QED) is 0.137. The molecule has 10 aromatic carbocycles. The maximum Gasteiger partial charge on any atom is 0.0709 e. The molecule has 0 spiro atoms. The van der Waals surface area contributed by atoms with E-state index in [9.17, 15) is 0 Å². The minimum absolute atomic E-state index is 0.881. The fraction of sp³-hybridized carbons (Fsp3) is 0.0278. The van der Waals surface area contributed by atoms with Gasteiger partial charge in [0.15, 0.2) is 0 Å². The smallest absolute Gasteiger partial charge is 0.0709 e. The van der Waals surface area contributed by atoms with Crippen molar-refractivity contribution in [2.45, 2.75) is 13.8 Å². The Labute approximate surface area is 447 Å². The number of pyridine rings is 2. The first-order valence-electron chi connectivity index (χ1n) is 26.3. The number of hydrogen-bond acceptors (Lipinski definition) is 3. The molecule has 0 aliphatic heterocycles. The fourth-order valence-electron chi connectivity index (χ4n) is 11.6. The normalized spacial score (nSPS) is 11.5. The van der Waals surface area contributed by atoms with E-state index in [0.29, 0.717) is 0 Å². The molecule has 14 aromatic rings. The highest BCUT2D eigenvalue weighted by Crippen LogP contribution is 2.47. The molecule has 0 N–H and O–H groups in total. The Kier molecular flexibility index (Phi) is 11.2. The average Bonchev–Trinajstić information content (AvgIpc) is 4.11. The molecule has 0 bridgehead atoms. The summed E-state index contributed by atoms with van der Waals surface area (Å²) >= 11 is 0. The lowest BCUT2D eigenvalue weighted by Gasteiger charge is -2.30. The van der Waals surface area contributed by atoms with E-state index in [1.54, 1.807) is 0 Å². The minimum Gasteiger partial charge on any atom is -0.310 e. The van der Waals surface area contributed by atoms with E-state index in [4.69, 9.17) is 9.97 Å². The Morgan fingerprint density at radius 2 is 0.636 bits per heavy atom.